The van der Waals surface area contributed by atoms with Crippen LogP contribution in [0.4, 0.5) is 10.1 Å². The van der Waals surface area contributed by atoms with Crippen molar-refractivity contribution in [1.82, 2.24) is 9.80 Å². The van der Waals surface area contributed by atoms with E-state index in [2.05, 4.69) is 25.7 Å². The fraction of sp³-hybridized carbons (Fsp3) is 0.667. The summed E-state index contributed by atoms with van der Waals surface area (Å²) in [5, 5.41) is 0. The first-order chi connectivity index (χ1) is 12.9. The third kappa shape index (κ3) is 4.99. The molecule has 2 aliphatic heterocycles. The molecule has 0 aromatic heterocycles. The zero-order chi connectivity index (χ0) is 19.4. The molecule has 1 aromatic carbocycles. The van der Waals surface area contributed by atoms with Crippen LogP contribution in [-0.2, 0) is 9.53 Å². The summed E-state index contributed by atoms with van der Waals surface area (Å²) in [5.74, 6) is -0.0223. The molecule has 6 heteroatoms. The quantitative estimate of drug-likeness (QED) is 0.791. The molecule has 0 aliphatic carbocycles. The number of piperazine rings is 1. The van der Waals surface area contributed by atoms with Gasteiger partial charge in [0.05, 0.1) is 17.8 Å². The van der Waals surface area contributed by atoms with Crippen LogP contribution in [0, 0.1) is 5.82 Å². The average Bonchev–Trinajstić information content (AvgIpc) is 2.65. The van der Waals surface area contributed by atoms with Crippen molar-refractivity contribution >= 4 is 11.6 Å². The van der Waals surface area contributed by atoms with Crippen LogP contribution in [0.1, 0.15) is 33.6 Å². The van der Waals surface area contributed by atoms with E-state index in [4.69, 9.17) is 4.74 Å². The number of benzene rings is 1. The van der Waals surface area contributed by atoms with E-state index in [9.17, 15) is 9.18 Å². The Hall–Kier alpha value is -1.66. The molecular weight excluding hydrogens is 345 g/mol. The zero-order valence-electron chi connectivity index (χ0n) is 16.8. The third-order valence-corrected chi connectivity index (χ3v) is 5.76. The van der Waals surface area contributed by atoms with Crippen molar-refractivity contribution in [2.45, 2.75) is 45.3 Å². The number of rotatable bonds is 5. The Morgan fingerprint density at radius 2 is 1.96 bits per heavy atom. The van der Waals surface area contributed by atoms with E-state index in [0.717, 1.165) is 26.0 Å². The van der Waals surface area contributed by atoms with E-state index in [-0.39, 0.29) is 17.3 Å². The second-order valence-electron chi connectivity index (χ2n) is 8.14. The second kappa shape index (κ2) is 8.57. The van der Waals surface area contributed by atoms with E-state index in [0.29, 0.717) is 44.5 Å². The van der Waals surface area contributed by atoms with Crippen LogP contribution >= 0.6 is 0 Å². The van der Waals surface area contributed by atoms with Crippen molar-refractivity contribution in [3.63, 3.8) is 0 Å². The fourth-order valence-electron chi connectivity index (χ4n) is 4.19. The number of nitrogens with zero attached hydrogens (tertiary/aromatic N) is 3. The normalized spacial score (nSPS) is 22.9. The summed E-state index contributed by atoms with van der Waals surface area (Å²) in [7, 11) is 0. The topological polar surface area (TPSA) is 36.0 Å². The number of hydrogen-bond acceptors (Lipinski definition) is 4. The highest BCUT2D eigenvalue weighted by molar-refractivity contribution is 5.78. The van der Waals surface area contributed by atoms with E-state index >= 15 is 0 Å². The summed E-state index contributed by atoms with van der Waals surface area (Å²) >= 11 is 0. The maximum absolute atomic E-state index is 14.0. The van der Waals surface area contributed by atoms with Crippen LogP contribution in [0.25, 0.3) is 0 Å². The molecule has 0 saturated carbocycles. The van der Waals surface area contributed by atoms with Gasteiger partial charge in [0.1, 0.15) is 5.82 Å². The molecular formula is C21H32FN3O2. The molecule has 2 saturated heterocycles. The van der Waals surface area contributed by atoms with Crippen LogP contribution in [0.15, 0.2) is 24.3 Å². The Morgan fingerprint density at radius 1 is 1.26 bits per heavy atom. The Kier molecular flexibility index (Phi) is 6.37. The fourth-order valence-corrected chi connectivity index (χ4v) is 4.19. The number of likely N-dealkylation sites (N-methyl/N-ethyl adjacent to an activating group) is 1. The number of amides is 1. The SMILES string of the molecule is CCN(CC(=O)N1CCN(c2ccccc2F)CC1)C1CCOC(C)(C)C1. The molecule has 2 aliphatic rings. The molecule has 0 spiro atoms. The molecule has 1 atom stereocenters. The third-order valence-electron chi connectivity index (χ3n) is 5.76. The molecule has 1 aromatic rings. The summed E-state index contributed by atoms with van der Waals surface area (Å²) in [6.45, 7) is 11.1. The number of carbonyl (C=O) groups is 1. The van der Waals surface area contributed by atoms with Crippen LogP contribution in [-0.4, -0.2) is 73.2 Å². The Balaban J connectivity index is 1.53. The number of carbonyl (C=O) groups excluding carboxylic acids is 1. The summed E-state index contributed by atoms with van der Waals surface area (Å²) in [5.41, 5.74) is 0.509. The molecule has 1 unspecified atom stereocenters. The highest BCUT2D eigenvalue weighted by atomic mass is 19.1. The molecule has 2 heterocycles. The van der Waals surface area contributed by atoms with Crippen LogP contribution in [0.5, 0.6) is 0 Å². The van der Waals surface area contributed by atoms with Gasteiger partial charge in [-0.15, -0.1) is 0 Å². The highest BCUT2D eigenvalue weighted by Gasteiger charge is 2.33. The molecule has 0 N–H and O–H groups in total. The lowest BCUT2D eigenvalue weighted by Gasteiger charge is -2.42. The van der Waals surface area contributed by atoms with Crippen LogP contribution < -0.4 is 4.90 Å². The van der Waals surface area contributed by atoms with E-state index in [1.165, 1.54) is 6.07 Å². The van der Waals surface area contributed by atoms with Gasteiger partial charge in [-0.25, -0.2) is 4.39 Å². The monoisotopic (exact) mass is 377 g/mol. The van der Waals surface area contributed by atoms with Gasteiger partial charge in [0.2, 0.25) is 5.91 Å². The first-order valence-corrected chi connectivity index (χ1v) is 10.0. The molecule has 0 bridgehead atoms. The van der Waals surface area contributed by atoms with Gasteiger partial charge in [0.15, 0.2) is 0 Å². The first kappa shape index (κ1) is 20.1. The predicted octanol–water partition coefficient (Wildman–Crippen LogP) is 2.75. The minimum Gasteiger partial charge on any atom is -0.375 e. The Morgan fingerprint density at radius 3 is 2.59 bits per heavy atom. The Labute approximate surface area is 162 Å². The number of anilines is 1. The molecule has 150 valence electrons. The highest BCUT2D eigenvalue weighted by Crippen LogP contribution is 2.27. The van der Waals surface area contributed by atoms with Gasteiger partial charge in [0.25, 0.3) is 0 Å². The van der Waals surface area contributed by atoms with Crippen LogP contribution in [0.3, 0.4) is 0 Å². The molecule has 0 radical (unpaired) electrons. The van der Waals surface area contributed by atoms with Crippen molar-refractivity contribution in [2.24, 2.45) is 0 Å². The largest absolute Gasteiger partial charge is 0.375 e. The van der Waals surface area contributed by atoms with Crippen molar-refractivity contribution in [3.05, 3.63) is 30.1 Å². The van der Waals surface area contributed by atoms with Gasteiger partial charge < -0.3 is 14.5 Å². The molecule has 2 fully saturated rings. The van der Waals surface area contributed by atoms with Gasteiger partial charge in [-0.05, 0) is 45.4 Å². The summed E-state index contributed by atoms with van der Waals surface area (Å²) in [4.78, 5) is 19.1. The smallest absolute Gasteiger partial charge is 0.236 e. The molecule has 3 rings (SSSR count). The molecule has 5 nitrogen and oxygen atoms in total. The van der Waals surface area contributed by atoms with E-state index in [1.807, 2.05) is 15.9 Å². The first-order valence-electron chi connectivity index (χ1n) is 10.0. The number of ether oxygens (including phenoxy) is 1. The molecule has 27 heavy (non-hydrogen) atoms. The van der Waals surface area contributed by atoms with Gasteiger partial charge in [-0.3, -0.25) is 9.69 Å². The van der Waals surface area contributed by atoms with Gasteiger partial charge in [0, 0.05) is 38.8 Å². The summed E-state index contributed by atoms with van der Waals surface area (Å²) in [6, 6.07) is 7.24. The summed E-state index contributed by atoms with van der Waals surface area (Å²) in [6.07, 6.45) is 1.93. The standard InChI is InChI=1S/C21H32FN3O2/c1-4-23(17-9-14-27-21(2,3)15-17)16-20(26)25-12-10-24(11-13-25)19-8-6-5-7-18(19)22/h5-8,17H,4,9-16H2,1-3H3. The maximum atomic E-state index is 14.0. The van der Waals surface area contributed by atoms with Crippen molar-refractivity contribution < 1.29 is 13.9 Å². The average molecular weight is 378 g/mol. The van der Waals surface area contributed by atoms with Crippen molar-refractivity contribution in [1.29, 1.82) is 0 Å². The van der Waals surface area contributed by atoms with E-state index in [1.54, 1.807) is 12.1 Å². The lowest BCUT2D eigenvalue weighted by Crippen LogP contribution is -2.53. The van der Waals surface area contributed by atoms with Gasteiger partial charge in [-0.2, -0.15) is 0 Å². The molecule has 1 amide bonds. The number of para-hydroxylation sites is 1. The van der Waals surface area contributed by atoms with Gasteiger partial charge in [-0.1, -0.05) is 19.1 Å². The minimum absolute atomic E-state index is 0.120. The second-order valence-corrected chi connectivity index (χ2v) is 8.14. The minimum atomic E-state index is -0.198. The predicted molar refractivity (Wildman–Crippen MR) is 105 cm³/mol. The van der Waals surface area contributed by atoms with Gasteiger partial charge >= 0.3 is 0 Å². The van der Waals surface area contributed by atoms with Crippen LogP contribution in [0.2, 0.25) is 0 Å². The zero-order valence-corrected chi connectivity index (χ0v) is 16.8. The van der Waals surface area contributed by atoms with Crippen molar-refractivity contribution in [2.75, 3.05) is 50.8 Å². The number of halogens is 1. The summed E-state index contributed by atoms with van der Waals surface area (Å²) < 4.78 is 19.8. The van der Waals surface area contributed by atoms with Crippen molar-refractivity contribution in [3.8, 4) is 0 Å². The lowest BCUT2D eigenvalue weighted by atomic mass is 9.93. The van der Waals surface area contributed by atoms with E-state index < -0.39 is 0 Å². The maximum Gasteiger partial charge on any atom is 0.236 e. The lowest BCUT2D eigenvalue weighted by molar-refractivity contribution is -0.135. The number of hydrogen-bond donors (Lipinski definition) is 0. The Bertz CT molecular complexity index is 644.